The Labute approximate surface area is 95.3 Å². The summed E-state index contributed by atoms with van der Waals surface area (Å²) < 4.78 is 17.7. The minimum absolute atomic E-state index is 0.00888. The van der Waals surface area contributed by atoms with Crippen molar-refractivity contribution >= 4 is 0 Å². The number of halogens is 1. The monoisotopic (exact) mass is 227 g/mol. The Kier molecular flexibility index (Phi) is 4.38. The van der Waals surface area contributed by atoms with Crippen LogP contribution in [0.2, 0.25) is 0 Å². The van der Waals surface area contributed by atoms with Crippen molar-refractivity contribution in [2.45, 2.75) is 25.9 Å². The van der Waals surface area contributed by atoms with E-state index in [0.29, 0.717) is 12.3 Å². The molecule has 0 aromatic carbocycles. The van der Waals surface area contributed by atoms with Crippen molar-refractivity contribution < 1.29 is 14.2 Å². The summed E-state index contributed by atoms with van der Waals surface area (Å²) in [6.07, 6.45) is 1.84. The summed E-state index contributed by atoms with van der Waals surface area (Å²) in [4.78, 5) is 3.91. The number of rotatable bonds is 5. The Morgan fingerprint density at radius 2 is 2.25 bits per heavy atom. The fraction of sp³-hybridized carbons (Fsp3) is 0.583. The zero-order chi connectivity index (χ0) is 12.2. The second-order valence-corrected chi connectivity index (χ2v) is 4.19. The Morgan fingerprint density at radius 3 is 2.75 bits per heavy atom. The molecule has 1 rings (SSSR count). The van der Waals surface area contributed by atoms with Crippen LogP contribution in [0.3, 0.4) is 0 Å². The largest absolute Gasteiger partial charge is 0.385 e. The highest BCUT2D eigenvalue weighted by Gasteiger charge is 2.31. The minimum Gasteiger partial charge on any atom is -0.385 e. The molecule has 0 radical (unpaired) electrons. The number of pyridine rings is 1. The summed E-state index contributed by atoms with van der Waals surface area (Å²) in [5.41, 5.74) is -0.579. The van der Waals surface area contributed by atoms with Gasteiger partial charge in [-0.3, -0.25) is 4.98 Å². The van der Waals surface area contributed by atoms with E-state index in [1.54, 1.807) is 14.0 Å². The van der Waals surface area contributed by atoms with Gasteiger partial charge in [-0.2, -0.15) is 0 Å². The van der Waals surface area contributed by atoms with Crippen LogP contribution >= 0.6 is 0 Å². The number of aliphatic hydroxyl groups is 1. The van der Waals surface area contributed by atoms with Crippen molar-refractivity contribution in [1.29, 1.82) is 0 Å². The highest BCUT2D eigenvalue weighted by molar-refractivity contribution is 5.13. The maximum Gasteiger partial charge on any atom is 0.141 e. The summed E-state index contributed by atoms with van der Waals surface area (Å²) in [7, 11) is 1.62. The van der Waals surface area contributed by atoms with E-state index in [1.807, 2.05) is 6.92 Å². The topological polar surface area (TPSA) is 42.4 Å². The van der Waals surface area contributed by atoms with E-state index < -0.39 is 11.4 Å². The van der Waals surface area contributed by atoms with Gasteiger partial charge in [-0.05, 0) is 31.4 Å². The van der Waals surface area contributed by atoms with Crippen molar-refractivity contribution in [2.24, 2.45) is 5.92 Å². The molecule has 2 unspecified atom stereocenters. The molecule has 4 heteroatoms. The quantitative estimate of drug-likeness (QED) is 0.837. The number of hydrogen-bond acceptors (Lipinski definition) is 3. The maximum absolute atomic E-state index is 12.7. The van der Waals surface area contributed by atoms with Gasteiger partial charge >= 0.3 is 0 Å². The average molecular weight is 227 g/mol. The van der Waals surface area contributed by atoms with Crippen LogP contribution in [0.1, 0.15) is 26.0 Å². The molecular weight excluding hydrogens is 209 g/mol. The predicted molar refractivity (Wildman–Crippen MR) is 59.4 cm³/mol. The zero-order valence-corrected chi connectivity index (χ0v) is 9.90. The third-order valence-electron chi connectivity index (χ3n) is 2.96. The van der Waals surface area contributed by atoms with E-state index in [-0.39, 0.29) is 5.92 Å². The Morgan fingerprint density at radius 1 is 1.56 bits per heavy atom. The SMILES string of the molecule is COCCC(C)C(C)(O)c1ccc(F)cn1. The average Bonchev–Trinajstić information content (AvgIpc) is 2.26. The van der Waals surface area contributed by atoms with Crippen molar-refractivity contribution in [3.8, 4) is 0 Å². The first-order chi connectivity index (χ1) is 7.48. The van der Waals surface area contributed by atoms with Gasteiger partial charge in [-0.25, -0.2) is 4.39 Å². The minimum atomic E-state index is -1.06. The Hall–Kier alpha value is -1.00. The third-order valence-corrected chi connectivity index (χ3v) is 2.96. The number of hydrogen-bond donors (Lipinski definition) is 1. The van der Waals surface area contributed by atoms with E-state index >= 15 is 0 Å². The second-order valence-electron chi connectivity index (χ2n) is 4.19. The molecule has 0 saturated carbocycles. The molecular formula is C12H18FNO2. The number of aromatic nitrogens is 1. The maximum atomic E-state index is 12.7. The molecule has 0 aliphatic rings. The summed E-state index contributed by atoms with van der Waals surface area (Å²) in [6.45, 7) is 4.19. The number of nitrogens with zero attached hydrogens (tertiary/aromatic N) is 1. The number of methoxy groups -OCH3 is 1. The molecule has 0 aliphatic heterocycles. The molecule has 90 valence electrons. The van der Waals surface area contributed by atoms with Crippen LogP contribution in [-0.2, 0) is 10.3 Å². The molecule has 0 bridgehead atoms. The molecule has 3 nitrogen and oxygen atoms in total. The highest BCUT2D eigenvalue weighted by atomic mass is 19.1. The lowest BCUT2D eigenvalue weighted by molar-refractivity contribution is -0.0144. The first-order valence-corrected chi connectivity index (χ1v) is 5.31. The van der Waals surface area contributed by atoms with Gasteiger partial charge in [0.05, 0.1) is 11.9 Å². The molecule has 0 aliphatic carbocycles. The van der Waals surface area contributed by atoms with E-state index in [1.165, 1.54) is 12.1 Å². The van der Waals surface area contributed by atoms with Gasteiger partial charge in [-0.1, -0.05) is 6.92 Å². The molecule has 1 N–H and O–H groups in total. The molecule has 0 fully saturated rings. The summed E-state index contributed by atoms with van der Waals surface area (Å²) in [6, 6.07) is 2.82. The lowest BCUT2D eigenvalue weighted by Gasteiger charge is -2.29. The van der Waals surface area contributed by atoms with Crippen molar-refractivity contribution in [2.75, 3.05) is 13.7 Å². The second kappa shape index (κ2) is 5.37. The fourth-order valence-corrected chi connectivity index (χ4v) is 1.50. The molecule has 1 aromatic rings. The molecule has 1 aromatic heterocycles. The zero-order valence-electron chi connectivity index (χ0n) is 9.90. The fourth-order valence-electron chi connectivity index (χ4n) is 1.50. The molecule has 1 heterocycles. The van der Waals surface area contributed by atoms with Crippen molar-refractivity contribution in [1.82, 2.24) is 4.98 Å². The first-order valence-electron chi connectivity index (χ1n) is 5.31. The van der Waals surface area contributed by atoms with Gasteiger partial charge in [-0.15, -0.1) is 0 Å². The van der Waals surface area contributed by atoms with Gasteiger partial charge in [0.25, 0.3) is 0 Å². The van der Waals surface area contributed by atoms with E-state index in [4.69, 9.17) is 4.74 Å². The van der Waals surface area contributed by atoms with Crippen LogP contribution in [0.15, 0.2) is 18.3 Å². The van der Waals surface area contributed by atoms with Crippen LogP contribution < -0.4 is 0 Å². The van der Waals surface area contributed by atoms with Gasteiger partial charge in [0.15, 0.2) is 0 Å². The lowest BCUT2D eigenvalue weighted by Crippen LogP contribution is -2.31. The lowest BCUT2D eigenvalue weighted by atomic mass is 9.85. The predicted octanol–water partition coefficient (Wildman–Crippen LogP) is 2.10. The van der Waals surface area contributed by atoms with Crippen LogP contribution in [0.25, 0.3) is 0 Å². The molecule has 0 spiro atoms. The molecule has 0 amide bonds. The smallest absolute Gasteiger partial charge is 0.141 e. The summed E-state index contributed by atoms with van der Waals surface area (Å²) >= 11 is 0. The molecule has 16 heavy (non-hydrogen) atoms. The standard InChI is InChI=1S/C12H18FNO2/c1-9(6-7-16-3)12(2,15)11-5-4-10(13)8-14-11/h4-5,8-9,15H,6-7H2,1-3H3. The van der Waals surface area contributed by atoms with Crippen LogP contribution in [-0.4, -0.2) is 23.8 Å². The first kappa shape index (κ1) is 13.1. The highest BCUT2D eigenvalue weighted by Crippen LogP contribution is 2.29. The van der Waals surface area contributed by atoms with Crippen LogP contribution in [0, 0.1) is 11.7 Å². The van der Waals surface area contributed by atoms with Crippen LogP contribution in [0.5, 0.6) is 0 Å². The summed E-state index contributed by atoms with van der Waals surface area (Å²) in [5.74, 6) is -0.408. The molecule has 2 atom stereocenters. The van der Waals surface area contributed by atoms with Crippen LogP contribution in [0.4, 0.5) is 4.39 Å². The van der Waals surface area contributed by atoms with E-state index in [9.17, 15) is 9.50 Å². The van der Waals surface area contributed by atoms with E-state index in [0.717, 1.165) is 12.6 Å². The van der Waals surface area contributed by atoms with Crippen molar-refractivity contribution in [3.05, 3.63) is 29.8 Å². The van der Waals surface area contributed by atoms with Gasteiger partial charge in [0.2, 0.25) is 0 Å². The Bertz CT molecular complexity index is 324. The van der Waals surface area contributed by atoms with E-state index in [2.05, 4.69) is 4.98 Å². The third kappa shape index (κ3) is 3.00. The van der Waals surface area contributed by atoms with Crippen molar-refractivity contribution in [3.63, 3.8) is 0 Å². The summed E-state index contributed by atoms with van der Waals surface area (Å²) in [5, 5.41) is 10.3. The van der Waals surface area contributed by atoms with Gasteiger partial charge in [0.1, 0.15) is 11.4 Å². The Balaban J connectivity index is 2.79. The number of ether oxygens (including phenoxy) is 1. The molecule has 0 saturated heterocycles. The normalized spacial score (nSPS) is 16.8. The van der Waals surface area contributed by atoms with Gasteiger partial charge < -0.3 is 9.84 Å². The van der Waals surface area contributed by atoms with Gasteiger partial charge in [0, 0.05) is 13.7 Å².